The summed E-state index contributed by atoms with van der Waals surface area (Å²) < 4.78 is 5.81. The second-order valence-electron chi connectivity index (χ2n) is 7.92. The highest BCUT2D eigenvalue weighted by Gasteiger charge is 2.34. The van der Waals surface area contributed by atoms with Crippen molar-refractivity contribution in [2.75, 3.05) is 5.32 Å². The van der Waals surface area contributed by atoms with E-state index in [-0.39, 0.29) is 5.75 Å². The number of urea groups is 1. The molecule has 1 aromatic heterocycles. The standard InChI is InChI=1S/C27H21ClN4O3/c28-19-7-11-21(12-8-19)35-22-13-9-20(10-14-22)30-27(34)32-25(23-5-1-2-6-26(23)33)16-24(31-32)18-4-3-15-29-17-18/h1-15,17,25,33H,16H2,(H,30,34). The summed E-state index contributed by atoms with van der Waals surface area (Å²) in [6.07, 6.45) is 3.84. The number of phenolic OH excluding ortho intramolecular Hbond substituents is 1. The molecule has 8 heteroatoms. The number of phenols is 1. The predicted octanol–water partition coefficient (Wildman–Crippen LogP) is 6.62. The molecule has 1 aliphatic rings. The molecule has 7 nitrogen and oxygen atoms in total. The number of para-hydroxylation sites is 1. The van der Waals surface area contributed by atoms with Gasteiger partial charge in [-0.25, -0.2) is 9.80 Å². The fraction of sp³-hybridized carbons (Fsp3) is 0.0741. The molecule has 174 valence electrons. The molecule has 0 radical (unpaired) electrons. The Kier molecular flexibility index (Phi) is 6.32. The summed E-state index contributed by atoms with van der Waals surface area (Å²) in [6.45, 7) is 0. The minimum Gasteiger partial charge on any atom is -0.508 e. The number of nitrogens with one attached hydrogen (secondary N) is 1. The van der Waals surface area contributed by atoms with Gasteiger partial charge in [-0.15, -0.1) is 0 Å². The number of hydrogen-bond acceptors (Lipinski definition) is 5. The van der Waals surface area contributed by atoms with Gasteiger partial charge in [0.25, 0.3) is 0 Å². The van der Waals surface area contributed by atoms with Crippen molar-refractivity contribution >= 4 is 29.0 Å². The first kappa shape index (κ1) is 22.4. The van der Waals surface area contributed by atoms with Crippen LogP contribution in [0.15, 0.2) is 102 Å². The maximum absolute atomic E-state index is 13.3. The Balaban J connectivity index is 1.35. The number of ether oxygens (including phenoxy) is 1. The van der Waals surface area contributed by atoms with Crippen LogP contribution in [0.1, 0.15) is 23.6 Å². The number of aromatic hydroxyl groups is 1. The number of anilines is 1. The topological polar surface area (TPSA) is 87.0 Å². The van der Waals surface area contributed by atoms with Crippen molar-refractivity contribution in [1.82, 2.24) is 9.99 Å². The van der Waals surface area contributed by atoms with Crippen LogP contribution in [0.25, 0.3) is 0 Å². The minimum absolute atomic E-state index is 0.113. The lowest BCUT2D eigenvalue weighted by molar-refractivity contribution is 0.199. The number of halogens is 1. The van der Waals surface area contributed by atoms with Crippen LogP contribution >= 0.6 is 11.6 Å². The summed E-state index contributed by atoms with van der Waals surface area (Å²) in [5.74, 6) is 1.39. The number of nitrogens with zero attached hydrogens (tertiary/aromatic N) is 3. The van der Waals surface area contributed by atoms with Crippen LogP contribution < -0.4 is 10.1 Å². The average Bonchev–Trinajstić information content (AvgIpc) is 3.33. The fourth-order valence-corrected chi connectivity index (χ4v) is 3.97. The molecule has 0 aliphatic carbocycles. The third-order valence-electron chi connectivity index (χ3n) is 5.56. The normalized spacial score (nSPS) is 14.9. The van der Waals surface area contributed by atoms with Crippen LogP contribution in [-0.4, -0.2) is 26.8 Å². The van der Waals surface area contributed by atoms with Crippen molar-refractivity contribution in [2.24, 2.45) is 5.10 Å². The summed E-state index contributed by atoms with van der Waals surface area (Å²) in [6, 6.07) is 23.9. The molecule has 1 aliphatic heterocycles. The Morgan fingerprint density at radius 3 is 2.37 bits per heavy atom. The van der Waals surface area contributed by atoms with Crippen molar-refractivity contribution in [1.29, 1.82) is 0 Å². The molecule has 2 N–H and O–H groups in total. The SMILES string of the molecule is O=C(Nc1ccc(Oc2ccc(Cl)cc2)cc1)N1N=C(c2cccnc2)CC1c1ccccc1O. The van der Waals surface area contributed by atoms with Crippen molar-refractivity contribution in [2.45, 2.75) is 12.5 Å². The summed E-state index contributed by atoms with van der Waals surface area (Å²) in [4.78, 5) is 17.4. The molecule has 2 heterocycles. The number of hydrazone groups is 1. The van der Waals surface area contributed by atoms with Crippen molar-refractivity contribution in [3.05, 3.63) is 113 Å². The second-order valence-corrected chi connectivity index (χ2v) is 8.36. The molecule has 0 fully saturated rings. The maximum atomic E-state index is 13.3. The Hall–Kier alpha value is -4.36. The third-order valence-corrected chi connectivity index (χ3v) is 5.82. The highest BCUT2D eigenvalue weighted by atomic mass is 35.5. The van der Waals surface area contributed by atoms with Crippen LogP contribution in [0.2, 0.25) is 5.02 Å². The van der Waals surface area contributed by atoms with Gasteiger partial charge in [0, 0.05) is 40.7 Å². The zero-order chi connectivity index (χ0) is 24.2. The van der Waals surface area contributed by atoms with E-state index in [1.54, 1.807) is 79.1 Å². The summed E-state index contributed by atoms with van der Waals surface area (Å²) in [5.41, 5.74) is 2.75. The monoisotopic (exact) mass is 484 g/mol. The van der Waals surface area contributed by atoms with Gasteiger partial charge >= 0.3 is 6.03 Å². The fourth-order valence-electron chi connectivity index (χ4n) is 3.84. The Bertz CT molecular complexity index is 1360. The number of pyridine rings is 1. The van der Waals surface area contributed by atoms with Crippen LogP contribution in [0, 0.1) is 0 Å². The van der Waals surface area contributed by atoms with Crippen molar-refractivity contribution in [3.63, 3.8) is 0 Å². The lowest BCUT2D eigenvalue weighted by Crippen LogP contribution is -2.31. The number of carbonyl (C=O) groups excluding carboxylic acids is 1. The zero-order valence-corrected chi connectivity index (χ0v) is 19.3. The Morgan fingerprint density at radius 1 is 0.971 bits per heavy atom. The van der Waals surface area contributed by atoms with E-state index in [4.69, 9.17) is 16.3 Å². The maximum Gasteiger partial charge on any atom is 0.342 e. The molecule has 0 bridgehead atoms. The van der Waals surface area contributed by atoms with Crippen LogP contribution in [0.4, 0.5) is 10.5 Å². The zero-order valence-electron chi connectivity index (χ0n) is 18.5. The van der Waals surface area contributed by atoms with Gasteiger partial charge in [-0.05, 0) is 60.7 Å². The van der Waals surface area contributed by atoms with E-state index in [1.807, 2.05) is 18.2 Å². The number of benzene rings is 3. The number of aromatic nitrogens is 1. The first-order chi connectivity index (χ1) is 17.1. The van der Waals surface area contributed by atoms with E-state index in [9.17, 15) is 9.90 Å². The van der Waals surface area contributed by atoms with Gasteiger partial charge in [0.05, 0.1) is 11.8 Å². The van der Waals surface area contributed by atoms with Crippen LogP contribution in [0.5, 0.6) is 17.2 Å². The predicted molar refractivity (Wildman–Crippen MR) is 135 cm³/mol. The molecular formula is C27H21ClN4O3. The average molecular weight is 485 g/mol. The van der Waals surface area contributed by atoms with Gasteiger partial charge in [0.1, 0.15) is 17.2 Å². The molecule has 0 spiro atoms. The molecule has 1 atom stereocenters. The molecule has 35 heavy (non-hydrogen) atoms. The number of rotatable bonds is 5. The highest BCUT2D eigenvalue weighted by Crippen LogP contribution is 2.37. The minimum atomic E-state index is -0.459. The van der Waals surface area contributed by atoms with E-state index in [1.165, 1.54) is 5.01 Å². The number of hydrogen-bond donors (Lipinski definition) is 2. The van der Waals surface area contributed by atoms with Gasteiger partial charge in [-0.2, -0.15) is 5.10 Å². The molecule has 0 saturated heterocycles. The van der Waals surface area contributed by atoms with Gasteiger partial charge in [-0.3, -0.25) is 4.98 Å². The molecule has 2 amide bonds. The summed E-state index contributed by atoms with van der Waals surface area (Å²) in [7, 11) is 0. The molecule has 1 unspecified atom stereocenters. The number of amides is 2. The lowest BCUT2D eigenvalue weighted by atomic mass is 9.98. The molecule has 5 rings (SSSR count). The molecule has 4 aromatic rings. The van der Waals surface area contributed by atoms with Crippen molar-refractivity contribution < 1.29 is 14.6 Å². The quantitative estimate of drug-likeness (QED) is 0.333. The van der Waals surface area contributed by atoms with Gasteiger partial charge < -0.3 is 15.2 Å². The molecule has 3 aromatic carbocycles. The van der Waals surface area contributed by atoms with E-state index in [0.29, 0.717) is 39.9 Å². The lowest BCUT2D eigenvalue weighted by Gasteiger charge is -2.23. The van der Waals surface area contributed by atoms with E-state index < -0.39 is 12.1 Å². The van der Waals surface area contributed by atoms with Crippen molar-refractivity contribution in [3.8, 4) is 17.2 Å². The Labute approximate surface area is 207 Å². The summed E-state index contributed by atoms with van der Waals surface area (Å²) in [5, 5.41) is 19.9. The van der Waals surface area contributed by atoms with E-state index >= 15 is 0 Å². The van der Waals surface area contributed by atoms with Crippen LogP contribution in [0.3, 0.4) is 0 Å². The first-order valence-electron chi connectivity index (χ1n) is 11.0. The first-order valence-corrected chi connectivity index (χ1v) is 11.3. The van der Waals surface area contributed by atoms with E-state index in [2.05, 4.69) is 15.4 Å². The highest BCUT2D eigenvalue weighted by molar-refractivity contribution is 6.30. The molecular weight excluding hydrogens is 464 g/mol. The molecule has 0 saturated carbocycles. The van der Waals surface area contributed by atoms with E-state index in [0.717, 1.165) is 5.56 Å². The van der Waals surface area contributed by atoms with Gasteiger partial charge in [-0.1, -0.05) is 35.9 Å². The van der Waals surface area contributed by atoms with Crippen LogP contribution in [-0.2, 0) is 0 Å². The Morgan fingerprint density at radius 2 is 1.69 bits per heavy atom. The largest absolute Gasteiger partial charge is 0.508 e. The second kappa shape index (κ2) is 9.87. The number of carbonyl (C=O) groups is 1. The smallest absolute Gasteiger partial charge is 0.342 e. The van der Waals surface area contributed by atoms with Gasteiger partial charge in [0.2, 0.25) is 0 Å². The summed E-state index contributed by atoms with van der Waals surface area (Å²) >= 11 is 5.91. The third kappa shape index (κ3) is 5.10. The van der Waals surface area contributed by atoms with Gasteiger partial charge in [0.15, 0.2) is 0 Å².